The highest BCUT2D eigenvalue weighted by molar-refractivity contribution is 7.92. The number of rotatable bonds is 3. The van der Waals surface area contributed by atoms with Crippen LogP contribution in [0.5, 0.6) is 0 Å². The van der Waals surface area contributed by atoms with Gasteiger partial charge in [0.25, 0.3) is 10.0 Å². The number of aromatic nitrogens is 2. The second-order valence-corrected chi connectivity index (χ2v) is 5.20. The molecule has 0 saturated heterocycles. The molecule has 18 heavy (non-hydrogen) atoms. The van der Waals surface area contributed by atoms with Gasteiger partial charge in [-0.1, -0.05) is 6.07 Å². The van der Waals surface area contributed by atoms with Gasteiger partial charge in [-0.05, 0) is 19.1 Å². The van der Waals surface area contributed by atoms with E-state index in [1.54, 1.807) is 6.92 Å². The predicted octanol–water partition coefficient (Wildman–Crippen LogP) is 1.80. The lowest BCUT2D eigenvalue weighted by atomic mass is 10.3. The van der Waals surface area contributed by atoms with Gasteiger partial charge in [-0.15, -0.1) is 0 Å². The molecule has 0 fully saturated rings. The average Bonchev–Trinajstić information content (AvgIpc) is 2.63. The summed E-state index contributed by atoms with van der Waals surface area (Å²) >= 11 is 0. The molecule has 0 saturated carbocycles. The Bertz CT molecular complexity index is 662. The van der Waals surface area contributed by atoms with Gasteiger partial charge in [0.15, 0.2) is 4.90 Å². The molecule has 0 atom stereocenters. The molecule has 0 amide bonds. The summed E-state index contributed by atoms with van der Waals surface area (Å²) in [5, 5.41) is 5.99. The summed E-state index contributed by atoms with van der Waals surface area (Å²) in [7, 11) is -4.34. The number of anilines is 1. The van der Waals surface area contributed by atoms with Crippen LogP contribution in [-0.4, -0.2) is 18.6 Å². The molecule has 2 N–H and O–H groups in total. The summed E-state index contributed by atoms with van der Waals surface area (Å²) in [6.45, 7) is 1.60. The SMILES string of the molecule is Cc1cn[nH]c1NS(=O)(=O)c1c(F)cccc1F. The number of aryl methyl sites for hydroxylation is 1. The van der Waals surface area contributed by atoms with Gasteiger partial charge in [0.1, 0.15) is 17.5 Å². The Morgan fingerprint density at radius 3 is 2.39 bits per heavy atom. The number of hydrogen-bond donors (Lipinski definition) is 2. The van der Waals surface area contributed by atoms with Gasteiger partial charge in [-0.25, -0.2) is 17.2 Å². The third-order valence-corrected chi connectivity index (χ3v) is 3.65. The van der Waals surface area contributed by atoms with Crippen LogP contribution in [0, 0.1) is 18.6 Å². The number of benzene rings is 1. The minimum atomic E-state index is -4.34. The zero-order valence-corrected chi connectivity index (χ0v) is 10.1. The minimum absolute atomic E-state index is 0.0673. The smallest absolute Gasteiger partial charge is 0.263 e. The third-order valence-electron chi connectivity index (χ3n) is 2.25. The molecule has 2 rings (SSSR count). The molecule has 0 spiro atoms. The lowest BCUT2D eigenvalue weighted by molar-refractivity contribution is 0.521. The summed E-state index contributed by atoms with van der Waals surface area (Å²) in [6.07, 6.45) is 1.38. The molecule has 0 aliphatic carbocycles. The first kappa shape index (κ1) is 12.5. The van der Waals surface area contributed by atoms with E-state index in [2.05, 4.69) is 10.2 Å². The fourth-order valence-electron chi connectivity index (χ4n) is 1.37. The summed E-state index contributed by atoms with van der Waals surface area (Å²) in [4.78, 5) is -1.01. The number of nitrogens with one attached hydrogen (secondary N) is 2. The number of sulfonamides is 1. The largest absolute Gasteiger partial charge is 0.268 e. The highest BCUT2D eigenvalue weighted by Gasteiger charge is 2.24. The lowest BCUT2D eigenvalue weighted by Gasteiger charge is -2.08. The van der Waals surface area contributed by atoms with Crippen LogP contribution in [0.15, 0.2) is 29.3 Å². The van der Waals surface area contributed by atoms with E-state index < -0.39 is 26.6 Å². The zero-order valence-electron chi connectivity index (χ0n) is 9.24. The van der Waals surface area contributed by atoms with Crippen molar-refractivity contribution in [3.05, 3.63) is 41.6 Å². The Kier molecular flexibility index (Phi) is 3.04. The number of H-pyrrole nitrogens is 1. The molecule has 0 aliphatic heterocycles. The second-order valence-electron chi connectivity index (χ2n) is 3.58. The molecule has 5 nitrogen and oxygen atoms in total. The van der Waals surface area contributed by atoms with Gasteiger partial charge < -0.3 is 0 Å². The van der Waals surface area contributed by atoms with Crippen LogP contribution in [0.4, 0.5) is 14.6 Å². The quantitative estimate of drug-likeness (QED) is 0.895. The highest BCUT2D eigenvalue weighted by Crippen LogP contribution is 2.21. The highest BCUT2D eigenvalue weighted by atomic mass is 32.2. The van der Waals surface area contributed by atoms with Crippen molar-refractivity contribution >= 4 is 15.8 Å². The van der Waals surface area contributed by atoms with Gasteiger partial charge in [-0.2, -0.15) is 5.10 Å². The molecule has 1 aromatic heterocycles. The molecule has 0 bridgehead atoms. The Hall–Kier alpha value is -1.96. The second kappa shape index (κ2) is 4.37. The Labute approximate surface area is 102 Å². The van der Waals surface area contributed by atoms with Crippen LogP contribution in [-0.2, 0) is 10.0 Å². The molecule has 1 aromatic carbocycles. The van der Waals surface area contributed by atoms with Crippen LogP contribution >= 0.6 is 0 Å². The van der Waals surface area contributed by atoms with E-state index in [0.29, 0.717) is 5.56 Å². The summed E-state index contributed by atoms with van der Waals surface area (Å²) in [5.41, 5.74) is 0.510. The molecule has 0 unspecified atom stereocenters. The van der Waals surface area contributed by atoms with Gasteiger partial charge >= 0.3 is 0 Å². The maximum atomic E-state index is 13.4. The molecule has 0 radical (unpaired) electrons. The van der Waals surface area contributed by atoms with Crippen LogP contribution < -0.4 is 4.72 Å². The molecule has 96 valence electrons. The van der Waals surface area contributed by atoms with Crippen molar-refractivity contribution in [3.63, 3.8) is 0 Å². The van der Waals surface area contributed by atoms with Crippen molar-refractivity contribution in [1.29, 1.82) is 0 Å². The maximum absolute atomic E-state index is 13.4. The summed E-state index contributed by atoms with van der Waals surface area (Å²) < 4.78 is 52.5. The first-order valence-electron chi connectivity index (χ1n) is 4.88. The monoisotopic (exact) mass is 273 g/mol. The molecular formula is C10H9F2N3O2S. The first-order valence-corrected chi connectivity index (χ1v) is 6.37. The van der Waals surface area contributed by atoms with Crippen molar-refractivity contribution < 1.29 is 17.2 Å². The number of hydrogen-bond acceptors (Lipinski definition) is 3. The van der Waals surface area contributed by atoms with Crippen molar-refractivity contribution in [1.82, 2.24) is 10.2 Å². The van der Waals surface area contributed by atoms with Crippen molar-refractivity contribution in [2.24, 2.45) is 0 Å². The van der Waals surface area contributed by atoms with E-state index in [1.165, 1.54) is 6.20 Å². The molecule has 1 heterocycles. The van der Waals surface area contributed by atoms with Crippen LogP contribution in [0.2, 0.25) is 0 Å². The molecular weight excluding hydrogens is 264 g/mol. The first-order chi connectivity index (χ1) is 8.42. The van der Waals surface area contributed by atoms with E-state index >= 15 is 0 Å². The molecule has 8 heteroatoms. The van der Waals surface area contributed by atoms with Crippen LogP contribution in [0.3, 0.4) is 0 Å². The predicted molar refractivity (Wildman–Crippen MR) is 60.5 cm³/mol. The zero-order chi connectivity index (χ0) is 13.3. The number of halogens is 2. The normalized spacial score (nSPS) is 11.5. The Balaban J connectivity index is 2.47. The van der Waals surface area contributed by atoms with Crippen molar-refractivity contribution in [3.8, 4) is 0 Å². The number of nitrogens with zero attached hydrogens (tertiary/aromatic N) is 1. The summed E-state index contributed by atoms with van der Waals surface area (Å²) in [5.74, 6) is -2.24. The van der Waals surface area contributed by atoms with Crippen LogP contribution in [0.1, 0.15) is 5.56 Å². The van der Waals surface area contributed by atoms with Gasteiger partial charge in [0, 0.05) is 5.56 Å². The van der Waals surface area contributed by atoms with E-state index in [9.17, 15) is 17.2 Å². The van der Waals surface area contributed by atoms with E-state index in [1.807, 2.05) is 4.72 Å². The standard InChI is InChI=1S/C10H9F2N3O2S/c1-6-5-13-14-10(6)15-18(16,17)9-7(11)3-2-4-8(9)12/h2-5H,1H3,(H2,13,14,15). The Morgan fingerprint density at radius 1 is 1.28 bits per heavy atom. The average molecular weight is 273 g/mol. The molecule has 2 aromatic rings. The fourth-order valence-corrected chi connectivity index (χ4v) is 2.60. The fraction of sp³-hybridized carbons (Fsp3) is 0.100. The van der Waals surface area contributed by atoms with Crippen LogP contribution in [0.25, 0.3) is 0 Å². The van der Waals surface area contributed by atoms with E-state index in [0.717, 1.165) is 18.2 Å². The van der Waals surface area contributed by atoms with Crippen molar-refractivity contribution in [2.45, 2.75) is 11.8 Å². The van der Waals surface area contributed by atoms with Gasteiger partial charge in [-0.3, -0.25) is 9.82 Å². The minimum Gasteiger partial charge on any atom is -0.263 e. The third kappa shape index (κ3) is 2.19. The topological polar surface area (TPSA) is 74.8 Å². The van der Waals surface area contributed by atoms with E-state index in [-0.39, 0.29) is 5.82 Å². The Morgan fingerprint density at radius 2 is 1.89 bits per heavy atom. The van der Waals surface area contributed by atoms with E-state index in [4.69, 9.17) is 0 Å². The maximum Gasteiger partial charge on any atom is 0.268 e. The molecule has 0 aliphatic rings. The number of aromatic amines is 1. The summed E-state index contributed by atoms with van der Waals surface area (Å²) in [6, 6.07) is 2.83. The van der Waals surface area contributed by atoms with Crippen molar-refractivity contribution in [2.75, 3.05) is 4.72 Å². The lowest BCUT2D eigenvalue weighted by Crippen LogP contribution is -2.17. The van der Waals surface area contributed by atoms with Gasteiger partial charge in [0.05, 0.1) is 6.20 Å². The van der Waals surface area contributed by atoms with Gasteiger partial charge in [0.2, 0.25) is 0 Å².